The molecular formula is C5H8N2O6. The van der Waals surface area contributed by atoms with Gasteiger partial charge in [0.05, 0.1) is 6.04 Å². The second-order valence-corrected chi connectivity index (χ2v) is 2.17. The Kier molecular flexibility index (Phi) is 4.38. The third-order valence-electron chi connectivity index (χ3n) is 1.14. The van der Waals surface area contributed by atoms with Crippen LogP contribution in [0, 0.1) is 10.1 Å². The SMILES string of the molecule is N[C@@H](CCC(=O)O)C(=O)O[N+](=O)[O-]. The molecule has 0 bridgehead atoms. The topological polar surface area (TPSA) is 133 Å². The van der Waals surface area contributed by atoms with E-state index < -0.39 is 23.1 Å². The van der Waals surface area contributed by atoms with E-state index in [1.165, 1.54) is 0 Å². The lowest BCUT2D eigenvalue weighted by atomic mass is 10.2. The first-order valence-electron chi connectivity index (χ1n) is 3.27. The first-order valence-corrected chi connectivity index (χ1v) is 3.27. The summed E-state index contributed by atoms with van der Waals surface area (Å²) in [4.78, 5) is 33.7. The summed E-state index contributed by atoms with van der Waals surface area (Å²) in [6, 6.07) is -1.28. The number of hydrogen-bond donors (Lipinski definition) is 2. The van der Waals surface area contributed by atoms with Crippen molar-refractivity contribution in [2.75, 3.05) is 0 Å². The van der Waals surface area contributed by atoms with E-state index in [-0.39, 0.29) is 12.8 Å². The zero-order chi connectivity index (χ0) is 10.4. The van der Waals surface area contributed by atoms with Crippen molar-refractivity contribution in [1.82, 2.24) is 0 Å². The summed E-state index contributed by atoms with van der Waals surface area (Å²) in [5.74, 6) is -2.38. The fourth-order valence-electron chi connectivity index (χ4n) is 0.538. The number of rotatable bonds is 5. The largest absolute Gasteiger partial charge is 0.481 e. The molecule has 8 nitrogen and oxygen atoms in total. The molecule has 0 aromatic carbocycles. The number of nitrogens with zero attached hydrogens (tertiary/aromatic N) is 1. The first-order chi connectivity index (χ1) is 5.93. The van der Waals surface area contributed by atoms with Crippen LogP contribution < -0.4 is 5.73 Å². The van der Waals surface area contributed by atoms with Crippen LogP contribution in [0.1, 0.15) is 12.8 Å². The lowest BCUT2D eigenvalue weighted by molar-refractivity contribution is -0.729. The fourth-order valence-corrected chi connectivity index (χ4v) is 0.538. The third-order valence-corrected chi connectivity index (χ3v) is 1.14. The van der Waals surface area contributed by atoms with Gasteiger partial charge in [-0.1, -0.05) is 0 Å². The van der Waals surface area contributed by atoms with E-state index in [1.807, 2.05) is 0 Å². The molecule has 13 heavy (non-hydrogen) atoms. The minimum atomic E-state index is -1.29. The van der Waals surface area contributed by atoms with Crippen molar-refractivity contribution in [2.24, 2.45) is 5.73 Å². The summed E-state index contributed by atoms with van der Waals surface area (Å²) in [7, 11) is 0. The highest BCUT2D eigenvalue weighted by atomic mass is 17.0. The lowest BCUT2D eigenvalue weighted by Gasteiger charge is -2.05. The first kappa shape index (κ1) is 11.3. The lowest BCUT2D eigenvalue weighted by Crippen LogP contribution is -2.34. The van der Waals surface area contributed by atoms with Crippen LogP contribution >= 0.6 is 0 Å². The second-order valence-electron chi connectivity index (χ2n) is 2.17. The molecule has 0 unspecified atom stereocenters. The zero-order valence-electron chi connectivity index (χ0n) is 6.50. The molecule has 3 N–H and O–H groups in total. The summed E-state index contributed by atoms with van der Waals surface area (Å²) in [5, 5.41) is 16.5. The Labute approximate surface area is 72.4 Å². The molecule has 0 spiro atoms. The quantitative estimate of drug-likeness (QED) is 0.417. The normalized spacial score (nSPS) is 11.8. The van der Waals surface area contributed by atoms with E-state index in [2.05, 4.69) is 4.84 Å². The van der Waals surface area contributed by atoms with Crippen molar-refractivity contribution < 1.29 is 24.6 Å². The molecule has 0 fully saturated rings. The number of carboxylic acids is 1. The highest BCUT2D eigenvalue weighted by Gasteiger charge is 2.18. The van der Waals surface area contributed by atoms with Gasteiger partial charge in [-0.15, -0.1) is 10.1 Å². The Hall–Kier alpha value is -1.70. The van der Waals surface area contributed by atoms with Crippen LogP contribution in [0.2, 0.25) is 0 Å². The van der Waals surface area contributed by atoms with Crippen molar-refractivity contribution in [3.8, 4) is 0 Å². The average molecular weight is 192 g/mol. The molecule has 0 heterocycles. The van der Waals surface area contributed by atoms with E-state index in [4.69, 9.17) is 10.8 Å². The second kappa shape index (κ2) is 5.04. The number of carbonyl (C=O) groups excluding carboxylic acids is 1. The van der Waals surface area contributed by atoms with Gasteiger partial charge in [-0.3, -0.25) is 9.59 Å². The van der Waals surface area contributed by atoms with E-state index >= 15 is 0 Å². The number of carbonyl (C=O) groups is 2. The number of hydrogen-bond acceptors (Lipinski definition) is 6. The van der Waals surface area contributed by atoms with Crippen LogP contribution in [0.15, 0.2) is 0 Å². The van der Waals surface area contributed by atoms with E-state index in [9.17, 15) is 19.7 Å². The minimum Gasteiger partial charge on any atom is -0.481 e. The van der Waals surface area contributed by atoms with Crippen molar-refractivity contribution in [3.05, 3.63) is 10.1 Å². The molecule has 0 amide bonds. The molecule has 1 atom stereocenters. The predicted molar refractivity (Wildman–Crippen MR) is 37.9 cm³/mol. The molecule has 0 aliphatic heterocycles. The van der Waals surface area contributed by atoms with Crippen molar-refractivity contribution in [2.45, 2.75) is 18.9 Å². The summed E-state index contributed by atoms with van der Waals surface area (Å²) in [5.41, 5.74) is 5.07. The molecule has 74 valence electrons. The van der Waals surface area contributed by atoms with Gasteiger partial charge in [0.15, 0.2) is 0 Å². The molecule has 0 aliphatic rings. The Morgan fingerprint density at radius 3 is 2.54 bits per heavy atom. The number of carboxylic acid groups (broad SMARTS) is 1. The molecule has 0 radical (unpaired) electrons. The Balaban J connectivity index is 3.82. The standard InChI is InChI=1S/C5H8N2O6/c6-3(1-2-4(8)9)5(10)13-7(11)12/h3H,1-2,6H2,(H,8,9)/t3-/m0/s1. The fraction of sp³-hybridized carbons (Fsp3) is 0.600. The van der Waals surface area contributed by atoms with Crippen LogP contribution in [0.5, 0.6) is 0 Å². The van der Waals surface area contributed by atoms with E-state index in [0.717, 1.165) is 0 Å². The zero-order valence-corrected chi connectivity index (χ0v) is 6.50. The number of aliphatic carboxylic acids is 1. The molecule has 0 saturated heterocycles. The van der Waals surface area contributed by atoms with Crippen molar-refractivity contribution >= 4 is 11.9 Å². The van der Waals surface area contributed by atoms with Gasteiger partial charge in [-0.2, -0.15) is 0 Å². The summed E-state index contributed by atoms with van der Waals surface area (Å²) < 4.78 is 0. The summed E-state index contributed by atoms with van der Waals surface area (Å²) in [6.45, 7) is 0. The average Bonchev–Trinajstić information content (AvgIpc) is 1.98. The van der Waals surface area contributed by atoms with Gasteiger partial charge in [0.25, 0.3) is 0 Å². The molecule has 0 aromatic rings. The molecule has 0 saturated carbocycles. The minimum absolute atomic E-state index is 0.192. The third kappa shape index (κ3) is 5.56. The van der Waals surface area contributed by atoms with Crippen LogP contribution in [0.25, 0.3) is 0 Å². The molecule has 0 rings (SSSR count). The van der Waals surface area contributed by atoms with Crippen LogP contribution in [-0.2, 0) is 14.4 Å². The van der Waals surface area contributed by atoms with Gasteiger partial charge < -0.3 is 10.8 Å². The molecule has 0 aromatic heterocycles. The van der Waals surface area contributed by atoms with Gasteiger partial charge in [0.2, 0.25) is 0 Å². The van der Waals surface area contributed by atoms with E-state index in [0.29, 0.717) is 0 Å². The van der Waals surface area contributed by atoms with E-state index in [1.54, 1.807) is 0 Å². The smallest absolute Gasteiger partial charge is 0.320 e. The summed E-state index contributed by atoms with van der Waals surface area (Å²) >= 11 is 0. The van der Waals surface area contributed by atoms with Gasteiger partial charge in [-0.25, -0.2) is 4.84 Å². The van der Waals surface area contributed by atoms with Crippen molar-refractivity contribution in [3.63, 3.8) is 0 Å². The Bertz CT molecular complexity index is 227. The maximum Gasteiger partial charge on any atom is 0.320 e. The Morgan fingerprint density at radius 1 is 1.62 bits per heavy atom. The monoisotopic (exact) mass is 192 g/mol. The van der Waals surface area contributed by atoms with Crippen molar-refractivity contribution in [1.29, 1.82) is 0 Å². The molecular weight excluding hydrogens is 184 g/mol. The summed E-state index contributed by atoms with van der Waals surface area (Å²) in [6.07, 6.45) is -0.532. The van der Waals surface area contributed by atoms with Gasteiger partial charge in [-0.05, 0) is 6.42 Å². The van der Waals surface area contributed by atoms with Gasteiger partial charge in [0, 0.05) is 6.42 Å². The Morgan fingerprint density at radius 2 is 2.15 bits per heavy atom. The van der Waals surface area contributed by atoms with Gasteiger partial charge in [0.1, 0.15) is 0 Å². The predicted octanol–water partition coefficient (Wildman–Crippen LogP) is -1.09. The highest BCUT2D eigenvalue weighted by Crippen LogP contribution is 1.97. The van der Waals surface area contributed by atoms with Crippen LogP contribution in [0.4, 0.5) is 0 Å². The van der Waals surface area contributed by atoms with Gasteiger partial charge >= 0.3 is 17.0 Å². The van der Waals surface area contributed by atoms with Crippen LogP contribution in [0.3, 0.4) is 0 Å². The maximum atomic E-state index is 10.6. The number of nitrogens with two attached hydrogens (primary N) is 1. The highest BCUT2D eigenvalue weighted by molar-refractivity contribution is 5.76. The van der Waals surface area contributed by atoms with Crippen LogP contribution in [-0.4, -0.2) is 28.2 Å². The molecule has 8 heteroatoms. The molecule has 0 aliphatic carbocycles. The maximum absolute atomic E-state index is 10.6.